The van der Waals surface area contributed by atoms with E-state index >= 15 is 0 Å². The minimum Gasteiger partial charge on any atom is -0.337 e. The number of aromatic nitrogens is 2. The Morgan fingerprint density at radius 1 is 1.14 bits per heavy atom. The SMILES string of the molecule is CCCCC(NCCCCn1ccnc1)c1ccccc1. The van der Waals surface area contributed by atoms with E-state index in [9.17, 15) is 0 Å². The fourth-order valence-electron chi connectivity index (χ4n) is 2.59. The third-order valence-corrected chi connectivity index (χ3v) is 3.84. The van der Waals surface area contributed by atoms with Gasteiger partial charge in [0, 0.05) is 25.0 Å². The average Bonchev–Trinajstić information content (AvgIpc) is 3.04. The molecule has 0 radical (unpaired) electrons. The van der Waals surface area contributed by atoms with Crippen molar-refractivity contribution in [2.45, 2.75) is 51.6 Å². The number of imidazole rings is 1. The summed E-state index contributed by atoms with van der Waals surface area (Å²) < 4.78 is 2.14. The van der Waals surface area contributed by atoms with E-state index in [0.29, 0.717) is 6.04 Å². The minimum atomic E-state index is 0.499. The van der Waals surface area contributed by atoms with E-state index in [4.69, 9.17) is 0 Å². The fourth-order valence-corrected chi connectivity index (χ4v) is 2.59. The largest absolute Gasteiger partial charge is 0.337 e. The van der Waals surface area contributed by atoms with Gasteiger partial charge in [0.05, 0.1) is 6.33 Å². The van der Waals surface area contributed by atoms with E-state index in [0.717, 1.165) is 13.1 Å². The Morgan fingerprint density at radius 3 is 2.71 bits per heavy atom. The van der Waals surface area contributed by atoms with Crippen LogP contribution in [-0.4, -0.2) is 16.1 Å². The number of nitrogens with one attached hydrogen (secondary N) is 1. The summed E-state index contributed by atoms with van der Waals surface area (Å²) in [6.45, 7) is 4.40. The molecule has 21 heavy (non-hydrogen) atoms. The van der Waals surface area contributed by atoms with Gasteiger partial charge in [0.2, 0.25) is 0 Å². The maximum atomic E-state index is 4.07. The van der Waals surface area contributed by atoms with Gasteiger partial charge in [-0.2, -0.15) is 0 Å². The highest BCUT2D eigenvalue weighted by Crippen LogP contribution is 2.19. The highest BCUT2D eigenvalue weighted by molar-refractivity contribution is 5.18. The molecule has 114 valence electrons. The van der Waals surface area contributed by atoms with Crippen molar-refractivity contribution < 1.29 is 0 Å². The van der Waals surface area contributed by atoms with Crippen molar-refractivity contribution in [3.63, 3.8) is 0 Å². The molecule has 2 aromatic rings. The number of nitrogens with zero attached hydrogens (tertiary/aromatic N) is 2. The molecule has 0 amide bonds. The van der Waals surface area contributed by atoms with Crippen molar-refractivity contribution in [1.82, 2.24) is 14.9 Å². The van der Waals surface area contributed by atoms with Gasteiger partial charge in [0.15, 0.2) is 0 Å². The maximum Gasteiger partial charge on any atom is 0.0945 e. The zero-order chi connectivity index (χ0) is 14.8. The van der Waals surface area contributed by atoms with Crippen molar-refractivity contribution in [3.8, 4) is 0 Å². The van der Waals surface area contributed by atoms with Crippen LogP contribution in [0.25, 0.3) is 0 Å². The third kappa shape index (κ3) is 5.72. The van der Waals surface area contributed by atoms with Crippen LogP contribution >= 0.6 is 0 Å². The van der Waals surface area contributed by atoms with E-state index in [1.165, 1.54) is 37.7 Å². The summed E-state index contributed by atoms with van der Waals surface area (Å²) >= 11 is 0. The molecule has 0 fully saturated rings. The number of unbranched alkanes of at least 4 members (excludes halogenated alkanes) is 2. The number of hydrogen-bond donors (Lipinski definition) is 1. The molecule has 0 aliphatic heterocycles. The lowest BCUT2D eigenvalue weighted by molar-refractivity contribution is 0.463. The van der Waals surface area contributed by atoms with Crippen LogP contribution in [0.5, 0.6) is 0 Å². The topological polar surface area (TPSA) is 29.9 Å². The quantitative estimate of drug-likeness (QED) is 0.664. The molecule has 1 aromatic carbocycles. The third-order valence-electron chi connectivity index (χ3n) is 3.84. The number of benzene rings is 1. The summed E-state index contributed by atoms with van der Waals surface area (Å²) in [6, 6.07) is 11.3. The van der Waals surface area contributed by atoms with Crippen LogP contribution in [0.4, 0.5) is 0 Å². The first kappa shape index (κ1) is 15.8. The zero-order valence-electron chi connectivity index (χ0n) is 13.0. The Labute approximate surface area is 128 Å². The Kier molecular flexibility index (Phi) is 7.02. The van der Waals surface area contributed by atoms with Gasteiger partial charge in [-0.3, -0.25) is 0 Å². The van der Waals surface area contributed by atoms with Gasteiger partial charge in [-0.1, -0.05) is 50.1 Å². The van der Waals surface area contributed by atoms with Crippen molar-refractivity contribution >= 4 is 0 Å². The Hall–Kier alpha value is -1.61. The van der Waals surface area contributed by atoms with Crippen LogP contribution in [0.3, 0.4) is 0 Å². The van der Waals surface area contributed by atoms with Crippen LogP contribution in [0, 0.1) is 0 Å². The smallest absolute Gasteiger partial charge is 0.0945 e. The zero-order valence-corrected chi connectivity index (χ0v) is 13.0. The minimum absolute atomic E-state index is 0.499. The van der Waals surface area contributed by atoms with E-state index in [1.807, 2.05) is 18.7 Å². The average molecular weight is 285 g/mol. The first-order valence-electron chi connectivity index (χ1n) is 8.14. The molecule has 1 atom stereocenters. The van der Waals surface area contributed by atoms with Crippen LogP contribution in [0.2, 0.25) is 0 Å². The highest BCUT2D eigenvalue weighted by Gasteiger charge is 2.09. The van der Waals surface area contributed by atoms with E-state index in [-0.39, 0.29) is 0 Å². The fraction of sp³-hybridized carbons (Fsp3) is 0.500. The second-order valence-electron chi connectivity index (χ2n) is 5.57. The molecule has 0 bridgehead atoms. The van der Waals surface area contributed by atoms with Crippen molar-refractivity contribution in [2.24, 2.45) is 0 Å². The molecular formula is C18H27N3. The first-order valence-corrected chi connectivity index (χ1v) is 8.14. The van der Waals surface area contributed by atoms with Crippen LogP contribution in [0.15, 0.2) is 49.1 Å². The summed E-state index contributed by atoms with van der Waals surface area (Å²) in [4.78, 5) is 4.07. The van der Waals surface area contributed by atoms with Crippen molar-refractivity contribution in [2.75, 3.05) is 6.54 Å². The Morgan fingerprint density at radius 2 is 2.00 bits per heavy atom. The van der Waals surface area contributed by atoms with E-state index < -0.39 is 0 Å². The van der Waals surface area contributed by atoms with Gasteiger partial charge in [-0.25, -0.2) is 4.98 Å². The molecule has 1 aromatic heterocycles. The molecule has 2 rings (SSSR count). The van der Waals surface area contributed by atoms with Crippen LogP contribution in [0.1, 0.15) is 50.6 Å². The van der Waals surface area contributed by atoms with Crippen molar-refractivity contribution in [3.05, 3.63) is 54.6 Å². The monoisotopic (exact) mass is 285 g/mol. The molecule has 1 N–H and O–H groups in total. The molecule has 3 nitrogen and oxygen atoms in total. The molecule has 0 saturated carbocycles. The molecule has 3 heteroatoms. The molecule has 0 aliphatic rings. The van der Waals surface area contributed by atoms with Gasteiger partial charge >= 0.3 is 0 Å². The van der Waals surface area contributed by atoms with Gasteiger partial charge < -0.3 is 9.88 Å². The number of aryl methyl sites for hydroxylation is 1. The Bertz CT molecular complexity index is 464. The molecule has 1 heterocycles. The van der Waals surface area contributed by atoms with E-state index in [2.05, 4.69) is 52.1 Å². The summed E-state index contributed by atoms with van der Waals surface area (Å²) in [5.74, 6) is 0. The number of hydrogen-bond acceptors (Lipinski definition) is 2. The van der Waals surface area contributed by atoms with Gasteiger partial charge in [0.1, 0.15) is 0 Å². The summed E-state index contributed by atoms with van der Waals surface area (Å²) in [5.41, 5.74) is 1.42. The van der Waals surface area contributed by atoms with E-state index in [1.54, 1.807) is 0 Å². The van der Waals surface area contributed by atoms with Crippen LogP contribution in [-0.2, 0) is 6.54 Å². The maximum absolute atomic E-state index is 4.07. The lowest BCUT2D eigenvalue weighted by Gasteiger charge is -2.19. The van der Waals surface area contributed by atoms with Crippen LogP contribution < -0.4 is 5.32 Å². The highest BCUT2D eigenvalue weighted by atomic mass is 15.0. The lowest BCUT2D eigenvalue weighted by atomic mass is 10.0. The second kappa shape index (κ2) is 9.35. The Balaban J connectivity index is 1.71. The standard InChI is InChI=1S/C18H27N3/c1-2-3-11-18(17-9-5-4-6-10-17)20-12-7-8-14-21-15-13-19-16-21/h4-6,9-10,13,15-16,18,20H,2-3,7-8,11-12,14H2,1H3. The number of rotatable bonds is 10. The van der Waals surface area contributed by atoms with Gasteiger partial charge in [-0.15, -0.1) is 0 Å². The predicted octanol–water partition coefficient (Wildman–Crippen LogP) is 4.18. The normalized spacial score (nSPS) is 12.4. The summed E-state index contributed by atoms with van der Waals surface area (Å²) in [7, 11) is 0. The summed E-state index contributed by atoms with van der Waals surface area (Å²) in [5, 5.41) is 3.73. The summed E-state index contributed by atoms with van der Waals surface area (Å²) in [6.07, 6.45) is 11.9. The molecule has 0 saturated heterocycles. The molecule has 0 aliphatic carbocycles. The first-order chi connectivity index (χ1) is 10.4. The predicted molar refractivity (Wildman–Crippen MR) is 88.2 cm³/mol. The lowest BCUT2D eigenvalue weighted by Crippen LogP contribution is -2.22. The van der Waals surface area contributed by atoms with Gasteiger partial charge in [-0.05, 0) is 31.4 Å². The van der Waals surface area contributed by atoms with Gasteiger partial charge in [0.25, 0.3) is 0 Å². The van der Waals surface area contributed by atoms with Crippen molar-refractivity contribution in [1.29, 1.82) is 0 Å². The molecule has 1 unspecified atom stereocenters. The second-order valence-corrected chi connectivity index (χ2v) is 5.57. The molecular weight excluding hydrogens is 258 g/mol. The molecule has 0 spiro atoms.